The first-order valence-electron chi connectivity index (χ1n) is 5.68. The van der Waals surface area contributed by atoms with Crippen molar-refractivity contribution in [3.63, 3.8) is 0 Å². The third kappa shape index (κ3) is 2.20. The van der Waals surface area contributed by atoms with Gasteiger partial charge < -0.3 is 5.73 Å². The molecule has 0 amide bonds. The Hall–Kier alpha value is -0.910. The SMILES string of the molecule is Cc1cc(Br)c(-c2nc3ccccc3s2)c(Br)c1N. The molecule has 2 N–H and O–H groups in total. The van der Waals surface area contributed by atoms with Crippen LogP contribution in [0.1, 0.15) is 5.56 Å². The maximum absolute atomic E-state index is 6.09. The van der Waals surface area contributed by atoms with E-state index in [1.54, 1.807) is 11.3 Å². The van der Waals surface area contributed by atoms with Crippen LogP contribution in [0.25, 0.3) is 20.8 Å². The first-order chi connectivity index (χ1) is 9.08. The summed E-state index contributed by atoms with van der Waals surface area (Å²) in [6.07, 6.45) is 0. The van der Waals surface area contributed by atoms with Gasteiger partial charge in [-0.05, 0) is 46.6 Å². The molecule has 0 bridgehead atoms. The summed E-state index contributed by atoms with van der Waals surface area (Å²) in [5.41, 5.74) is 9.93. The molecule has 1 heterocycles. The fraction of sp³-hybridized carbons (Fsp3) is 0.0714. The molecular weight excluding hydrogens is 388 g/mol. The van der Waals surface area contributed by atoms with Crippen LogP contribution in [-0.2, 0) is 0 Å². The quantitative estimate of drug-likeness (QED) is 0.560. The van der Waals surface area contributed by atoms with Crippen molar-refractivity contribution in [3.05, 3.63) is 44.8 Å². The number of anilines is 1. The van der Waals surface area contributed by atoms with Crippen molar-refractivity contribution in [1.29, 1.82) is 0 Å². The Kier molecular flexibility index (Phi) is 3.37. The van der Waals surface area contributed by atoms with Crippen LogP contribution in [0, 0.1) is 6.92 Å². The van der Waals surface area contributed by atoms with Crippen LogP contribution in [0.5, 0.6) is 0 Å². The van der Waals surface area contributed by atoms with E-state index in [1.165, 1.54) is 4.70 Å². The highest BCUT2D eigenvalue weighted by molar-refractivity contribution is 9.11. The van der Waals surface area contributed by atoms with Crippen molar-refractivity contribution in [2.45, 2.75) is 6.92 Å². The number of rotatable bonds is 1. The van der Waals surface area contributed by atoms with Gasteiger partial charge in [-0.1, -0.05) is 28.1 Å². The molecule has 5 heteroatoms. The minimum Gasteiger partial charge on any atom is -0.398 e. The van der Waals surface area contributed by atoms with E-state index < -0.39 is 0 Å². The van der Waals surface area contributed by atoms with Crippen LogP contribution in [0.15, 0.2) is 39.3 Å². The molecule has 0 aliphatic heterocycles. The van der Waals surface area contributed by atoms with Gasteiger partial charge in [-0.25, -0.2) is 4.98 Å². The van der Waals surface area contributed by atoms with Crippen molar-refractivity contribution in [2.75, 3.05) is 5.73 Å². The average Bonchev–Trinajstić information content (AvgIpc) is 2.79. The van der Waals surface area contributed by atoms with Gasteiger partial charge in [0.05, 0.1) is 14.7 Å². The zero-order valence-corrected chi connectivity index (χ0v) is 14.1. The van der Waals surface area contributed by atoms with E-state index >= 15 is 0 Å². The second kappa shape index (κ2) is 4.89. The number of hydrogen-bond acceptors (Lipinski definition) is 3. The number of para-hydroxylation sites is 1. The van der Waals surface area contributed by atoms with Crippen LogP contribution in [-0.4, -0.2) is 4.98 Å². The number of benzene rings is 2. The normalized spacial score (nSPS) is 11.1. The predicted octanol–water partition coefficient (Wildman–Crippen LogP) is 5.38. The molecule has 0 unspecified atom stereocenters. The highest BCUT2D eigenvalue weighted by Gasteiger charge is 2.16. The second-order valence-corrected chi connectivity index (χ2v) is 6.94. The molecular formula is C14H10Br2N2S. The van der Waals surface area contributed by atoms with Gasteiger partial charge in [0.1, 0.15) is 5.01 Å². The lowest BCUT2D eigenvalue weighted by atomic mass is 10.1. The summed E-state index contributed by atoms with van der Waals surface area (Å²) < 4.78 is 3.08. The number of aromatic nitrogens is 1. The maximum Gasteiger partial charge on any atom is 0.126 e. The summed E-state index contributed by atoms with van der Waals surface area (Å²) in [5.74, 6) is 0. The topological polar surface area (TPSA) is 38.9 Å². The van der Waals surface area contributed by atoms with Crippen LogP contribution < -0.4 is 5.73 Å². The summed E-state index contributed by atoms with van der Waals surface area (Å²) in [4.78, 5) is 4.68. The van der Waals surface area contributed by atoms with Gasteiger partial charge in [-0.2, -0.15) is 0 Å². The van der Waals surface area contributed by atoms with E-state index in [0.29, 0.717) is 0 Å². The zero-order chi connectivity index (χ0) is 13.6. The molecule has 0 saturated heterocycles. The van der Waals surface area contributed by atoms with Crippen molar-refractivity contribution < 1.29 is 0 Å². The second-order valence-electron chi connectivity index (χ2n) is 4.26. The minimum atomic E-state index is 0.762. The van der Waals surface area contributed by atoms with Crippen LogP contribution in [0.2, 0.25) is 0 Å². The molecule has 0 radical (unpaired) electrons. The monoisotopic (exact) mass is 396 g/mol. The molecule has 3 aromatic rings. The first-order valence-corrected chi connectivity index (χ1v) is 8.08. The van der Waals surface area contributed by atoms with Crippen molar-refractivity contribution >= 4 is 59.1 Å². The number of nitrogens with two attached hydrogens (primary N) is 1. The minimum absolute atomic E-state index is 0.762. The lowest BCUT2D eigenvalue weighted by Gasteiger charge is -2.10. The molecule has 0 atom stereocenters. The lowest BCUT2D eigenvalue weighted by molar-refractivity contribution is 1.40. The van der Waals surface area contributed by atoms with Crippen LogP contribution >= 0.6 is 43.2 Å². The molecule has 0 spiro atoms. The van der Waals surface area contributed by atoms with Gasteiger partial charge in [-0.15, -0.1) is 11.3 Å². The average molecular weight is 398 g/mol. The predicted molar refractivity (Wildman–Crippen MR) is 89.6 cm³/mol. The first kappa shape index (κ1) is 13.1. The third-order valence-corrected chi connectivity index (χ3v) is 5.47. The maximum atomic E-state index is 6.09. The largest absolute Gasteiger partial charge is 0.398 e. The number of hydrogen-bond donors (Lipinski definition) is 1. The van der Waals surface area contributed by atoms with Crippen molar-refractivity contribution in [2.24, 2.45) is 0 Å². The molecule has 2 aromatic carbocycles. The Labute approximate surface area is 131 Å². The van der Waals surface area contributed by atoms with Gasteiger partial charge >= 0.3 is 0 Å². The van der Waals surface area contributed by atoms with E-state index in [0.717, 1.165) is 36.3 Å². The summed E-state index contributed by atoms with van der Waals surface area (Å²) in [6, 6.07) is 10.2. The number of thiazole rings is 1. The molecule has 19 heavy (non-hydrogen) atoms. The van der Waals surface area contributed by atoms with Gasteiger partial charge in [0, 0.05) is 15.7 Å². The number of halogens is 2. The van der Waals surface area contributed by atoms with E-state index in [4.69, 9.17) is 5.73 Å². The lowest BCUT2D eigenvalue weighted by Crippen LogP contribution is -1.94. The van der Waals surface area contributed by atoms with Crippen LogP contribution in [0.4, 0.5) is 5.69 Å². The van der Waals surface area contributed by atoms with Gasteiger partial charge in [0.15, 0.2) is 0 Å². The smallest absolute Gasteiger partial charge is 0.126 e. The Balaban J connectivity index is 2.29. The Bertz CT molecular complexity index is 747. The molecule has 0 fully saturated rings. The summed E-state index contributed by atoms with van der Waals surface area (Å²) in [7, 11) is 0. The standard InChI is InChI=1S/C14H10Br2N2S/c1-7-6-8(15)11(12(16)13(7)17)14-18-9-4-2-3-5-10(9)19-14/h2-6H,17H2,1H3. The van der Waals surface area contributed by atoms with Gasteiger partial charge in [0.2, 0.25) is 0 Å². The van der Waals surface area contributed by atoms with E-state index in [-0.39, 0.29) is 0 Å². The van der Waals surface area contributed by atoms with Crippen molar-refractivity contribution in [3.8, 4) is 10.6 Å². The molecule has 3 rings (SSSR count). The van der Waals surface area contributed by atoms with E-state index in [2.05, 4.69) is 42.9 Å². The summed E-state index contributed by atoms with van der Waals surface area (Å²) in [5, 5.41) is 0.964. The number of nitrogen functional groups attached to an aromatic ring is 1. The van der Waals surface area contributed by atoms with Crippen LogP contribution in [0.3, 0.4) is 0 Å². The number of fused-ring (bicyclic) bond motifs is 1. The van der Waals surface area contributed by atoms with E-state index in [1.807, 2.05) is 31.2 Å². The zero-order valence-electron chi connectivity index (χ0n) is 10.1. The molecule has 2 nitrogen and oxygen atoms in total. The Morgan fingerprint density at radius 3 is 2.68 bits per heavy atom. The van der Waals surface area contributed by atoms with Crippen molar-refractivity contribution in [1.82, 2.24) is 4.98 Å². The Morgan fingerprint density at radius 2 is 1.95 bits per heavy atom. The highest BCUT2D eigenvalue weighted by Crippen LogP contribution is 2.42. The van der Waals surface area contributed by atoms with E-state index in [9.17, 15) is 0 Å². The Morgan fingerprint density at radius 1 is 1.21 bits per heavy atom. The fourth-order valence-corrected chi connectivity index (χ4v) is 4.93. The summed E-state index contributed by atoms with van der Waals surface area (Å²) in [6.45, 7) is 1.99. The summed E-state index contributed by atoms with van der Waals surface area (Å²) >= 11 is 8.86. The molecule has 0 aliphatic carbocycles. The third-order valence-electron chi connectivity index (χ3n) is 2.97. The molecule has 0 aliphatic rings. The fourth-order valence-electron chi connectivity index (χ4n) is 1.93. The molecule has 96 valence electrons. The number of nitrogens with zero attached hydrogens (tertiary/aromatic N) is 1. The molecule has 1 aromatic heterocycles. The highest BCUT2D eigenvalue weighted by atomic mass is 79.9. The van der Waals surface area contributed by atoms with Gasteiger partial charge in [0.25, 0.3) is 0 Å². The number of aryl methyl sites for hydroxylation is 1. The van der Waals surface area contributed by atoms with Gasteiger partial charge in [-0.3, -0.25) is 0 Å². The molecule has 0 saturated carbocycles.